The zero-order valence-electron chi connectivity index (χ0n) is 9.46. The number of carboxylic acid groups (broad SMARTS) is 2. The summed E-state index contributed by atoms with van der Waals surface area (Å²) in [6, 6.07) is 5.68. The number of esters is 1. The molecule has 2 N–H and O–H groups in total. The van der Waals surface area contributed by atoms with Gasteiger partial charge < -0.3 is 14.9 Å². The van der Waals surface area contributed by atoms with Crippen LogP contribution in [0.25, 0.3) is 0 Å². The molecule has 0 aliphatic rings. The van der Waals surface area contributed by atoms with Gasteiger partial charge in [0.25, 0.3) is 0 Å². The highest BCUT2D eigenvalue weighted by Crippen LogP contribution is 2.10. The number of carbonyl (C=O) groups excluding carboxylic acids is 1. The average Bonchev–Trinajstić information content (AvgIpc) is 2.34. The zero-order valence-corrected chi connectivity index (χ0v) is 9.46. The highest BCUT2D eigenvalue weighted by Gasteiger charge is 2.16. The van der Waals surface area contributed by atoms with E-state index in [1.54, 1.807) is 0 Å². The molecule has 0 aliphatic carbocycles. The SMILES string of the molecule is O=C(O)CCCOC(=O)c1ccccc1C(=O)O. The predicted molar refractivity (Wildman–Crippen MR) is 60.6 cm³/mol. The predicted octanol–water partition coefficient (Wildman–Crippen LogP) is 1.41. The molecule has 1 aromatic carbocycles. The molecule has 6 nitrogen and oxygen atoms in total. The number of hydrogen-bond donors (Lipinski definition) is 2. The van der Waals surface area contributed by atoms with Gasteiger partial charge in [0.05, 0.1) is 17.7 Å². The highest BCUT2D eigenvalue weighted by molar-refractivity contribution is 6.02. The molecule has 0 atom stereocenters. The lowest BCUT2D eigenvalue weighted by Crippen LogP contribution is -2.12. The molecule has 0 spiro atoms. The van der Waals surface area contributed by atoms with Crippen molar-refractivity contribution in [3.63, 3.8) is 0 Å². The van der Waals surface area contributed by atoms with Crippen LogP contribution >= 0.6 is 0 Å². The summed E-state index contributed by atoms with van der Waals surface area (Å²) in [6.07, 6.45) is 0.0875. The molecule has 18 heavy (non-hydrogen) atoms. The van der Waals surface area contributed by atoms with Crippen LogP contribution in [0.4, 0.5) is 0 Å². The Morgan fingerprint density at radius 2 is 1.67 bits per heavy atom. The van der Waals surface area contributed by atoms with Crippen LogP contribution in [-0.2, 0) is 9.53 Å². The Kier molecular flexibility index (Phi) is 4.86. The lowest BCUT2D eigenvalue weighted by atomic mass is 10.1. The summed E-state index contributed by atoms with van der Waals surface area (Å²) < 4.78 is 4.80. The van der Waals surface area contributed by atoms with E-state index < -0.39 is 17.9 Å². The van der Waals surface area contributed by atoms with Gasteiger partial charge in [-0.2, -0.15) is 0 Å². The van der Waals surface area contributed by atoms with E-state index >= 15 is 0 Å². The fourth-order valence-corrected chi connectivity index (χ4v) is 1.31. The molecule has 0 fully saturated rings. The van der Waals surface area contributed by atoms with Gasteiger partial charge in [-0.1, -0.05) is 12.1 Å². The van der Waals surface area contributed by atoms with Crippen LogP contribution in [0.2, 0.25) is 0 Å². The lowest BCUT2D eigenvalue weighted by Gasteiger charge is -2.06. The first-order valence-electron chi connectivity index (χ1n) is 5.23. The van der Waals surface area contributed by atoms with Crippen molar-refractivity contribution in [3.8, 4) is 0 Å². The summed E-state index contributed by atoms with van der Waals surface area (Å²) >= 11 is 0. The Balaban J connectivity index is 2.61. The van der Waals surface area contributed by atoms with Crippen molar-refractivity contribution in [3.05, 3.63) is 35.4 Å². The minimum absolute atomic E-state index is 0.0414. The van der Waals surface area contributed by atoms with Crippen molar-refractivity contribution in [2.75, 3.05) is 6.61 Å². The molecular weight excluding hydrogens is 240 g/mol. The number of hydrogen-bond acceptors (Lipinski definition) is 4. The van der Waals surface area contributed by atoms with Crippen LogP contribution in [0.5, 0.6) is 0 Å². The first-order valence-corrected chi connectivity index (χ1v) is 5.23. The van der Waals surface area contributed by atoms with Crippen LogP contribution in [0.3, 0.4) is 0 Å². The molecule has 0 saturated carbocycles. The number of rotatable bonds is 6. The van der Waals surface area contributed by atoms with E-state index in [0.717, 1.165) is 0 Å². The standard InChI is InChI=1S/C12H12O6/c13-10(14)6-3-7-18-12(17)9-5-2-1-4-8(9)11(15)16/h1-2,4-5H,3,6-7H2,(H,13,14)(H,15,16). The molecule has 0 saturated heterocycles. The number of carbonyl (C=O) groups is 3. The molecule has 96 valence electrons. The van der Waals surface area contributed by atoms with Gasteiger partial charge in [-0.25, -0.2) is 9.59 Å². The second-order valence-corrected chi connectivity index (χ2v) is 3.48. The Hall–Kier alpha value is -2.37. The van der Waals surface area contributed by atoms with E-state index in [1.165, 1.54) is 24.3 Å². The van der Waals surface area contributed by atoms with Crippen molar-refractivity contribution in [2.24, 2.45) is 0 Å². The maximum Gasteiger partial charge on any atom is 0.339 e. The normalized spacial score (nSPS) is 9.78. The first-order chi connectivity index (χ1) is 8.52. The second-order valence-electron chi connectivity index (χ2n) is 3.48. The third-order valence-electron chi connectivity index (χ3n) is 2.15. The molecule has 6 heteroatoms. The Labute approximate surface area is 103 Å². The van der Waals surface area contributed by atoms with Gasteiger partial charge in [-0.15, -0.1) is 0 Å². The summed E-state index contributed by atoms with van der Waals surface area (Å²) in [5, 5.41) is 17.3. The summed E-state index contributed by atoms with van der Waals surface area (Å²) in [4.78, 5) is 32.7. The van der Waals surface area contributed by atoms with E-state index in [1.807, 2.05) is 0 Å². The number of benzene rings is 1. The van der Waals surface area contributed by atoms with Gasteiger partial charge >= 0.3 is 17.9 Å². The first kappa shape index (κ1) is 13.7. The number of ether oxygens (including phenoxy) is 1. The number of aromatic carboxylic acids is 1. The lowest BCUT2D eigenvalue weighted by molar-refractivity contribution is -0.137. The van der Waals surface area contributed by atoms with E-state index in [4.69, 9.17) is 14.9 Å². The largest absolute Gasteiger partial charge is 0.481 e. The fourth-order valence-electron chi connectivity index (χ4n) is 1.31. The van der Waals surface area contributed by atoms with Crippen LogP contribution in [-0.4, -0.2) is 34.7 Å². The van der Waals surface area contributed by atoms with Gasteiger partial charge in [-0.05, 0) is 18.6 Å². The number of carboxylic acids is 2. The summed E-state index contributed by atoms with van der Waals surface area (Å²) in [7, 11) is 0. The van der Waals surface area contributed by atoms with Crippen LogP contribution in [0.1, 0.15) is 33.6 Å². The molecule has 1 rings (SSSR count). The molecule has 0 aliphatic heterocycles. The summed E-state index contributed by atoms with van der Waals surface area (Å²) in [6.45, 7) is -0.0565. The molecule has 0 heterocycles. The van der Waals surface area contributed by atoms with Gasteiger partial charge in [0.15, 0.2) is 0 Å². The monoisotopic (exact) mass is 252 g/mol. The second kappa shape index (κ2) is 6.39. The van der Waals surface area contributed by atoms with Crippen molar-refractivity contribution in [2.45, 2.75) is 12.8 Å². The molecule has 1 aromatic rings. The van der Waals surface area contributed by atoms with Gasteiger partial charge in [0.2, 0.25) is 0 Å². The molecule has 0 aromatic heterocycles. The van der Waals surface area contributed by atoms with E-state index in [9.17, 15) is 14.4 Å². The van der Waals surface area contributed by atoms with Gasteiger partial charge in [0, 0.05) is 6.42 Å². The average molecular weight is 252 g/mol. The Bertz CT molecular complexity index is 465. The third-order valence-corrected chi connectivity index (χ3v) is 2.15. The van der Waals surface area contributed by atoms with Crippen LogP contribution in [0.15, 0.2) is 24.3 Å². The van der Waals surface area contributed by atoms with Gasteiger partial charge in [-0.3, -0.25) is 4.79 Å². The van der Waals surface area contributed by atoms with Crippen LogP contribution in [0, 0.1) is 0 Å². The van der Waals surface area contributed by atoms with Crippen LogP contribution < -0.4 is 0 Å². The maximum atomic E-state index is 11.6. The van der Waals surface area contributed by atoms with Crippen molar-refractivity contribution in [1.82, 2.24) is 0 Å². The third kappa shape index (κ3) is 3.89. The smallest absolute Gasteiger partial charge is 0.339 e. The minimum atomic E-state index is -1.21. The molecule has 0 amide bonds. The summed E-state index contributed by atoms with van der Waals surface area (Å²) in [5.74, 6) is -2.96. The van der Waals surface area contributed by atoms with E-state index in [-0.39, 0.29) is 30.6 Å². The van der Waals surface area contributed by atoms with Gasteiger partial charge in [0.1, 0.15) is 0 Å². The molecular formula is C12H12O6. The Morgan fingerprint density at radius 3 is 2.22 bits per heavy atom. The highest BCUT2D eigenvalue weighted by atomic mass is 16.5. The molecule has 0 unspecified atom stereocenters. The summed E-state index contributed by atoms with van der Waals surface area (Å²) in [5.41, 5.74) is -0.180. The fraction of sp³-hybridized carbons (Fsp3) is 0.250. The minimum Gasteiger partial charge on any atom is -0.481 e. The topological polar surface area (TPSA) is 101 Å². The molecule has 0 radical (unpaired) electrons. The quantitative estimate of drug-likeness (QED) is 0.586. The number of aliphatic carboxylic acids is 1. The van der Waals surface area contributed by atoms with E-state index in [0.29, 0.717) is 0 Å². The van der Waals surface area contributed by atoms with Crippen molar-refractivity contribution >= 4 is 17.9 Å². The zero-order chi connectivity index (χ0) is 13.5. The van der Waals surface area contributed by atoms with Crippen molar-refractivity contribution in [1.29, 1.82) is 0 Å². The Morgan fingerprint density at radius 1 is 1.06 bits per heavy atom. The van der Waals surface area contributed by atoms with E-state index in [2.05, 4.69) is 0 Å². The molecule has 0 bridgehead atoms. The van der Waals surface area contributed by atoms with Crippen molar-refractivity contribution < 1.29 is 29.3 Å². The maximum absolute atomic E-state index is 11.6.